The summed E-state index contributed by atoms with van der Waals surface area (Å²) in [5, 5.41) is 10.8. The van der Waals surface area contributed by atoms with Crippen molar-refractivity contribution in [2.75, 3.05) is 12.5 Å². The Balaban J connectivity index is 2.65. The molecule has 1 rings (SSSR count). The van der Waals surface area contributed by atoms with Gasteiger partial charge in [-0.25, -0.2) is 0 Å². The first-order valence-electron chi connectivity index (χ1n) is 6.40. The largest absolute Gasteiger partial charge is 0.493 e. The molecule has 1 aromatic carbocycles. The van der Waals surface area contributed by atoms with Gasteiger partial charge in [-0.1, -0.05) is 6.92 Å². The van der Waals surface area contributed by atoms with Crippen molar-refractivity contribution in [1.82, 2.24) is 0 Å². The Hall–Kier alpha value is -1.29. The summed E-state index contributed by atoms with van der Waals surface area (Å²) in [4.78, 5) is 10.4. The van der Waals surface area contributed by atoms with Crippen LogP contribution in [0.4, 0.5) is 5.69 Å². The first kappa shape index (κ1) is 15.8. The van der Waals surface area contributed by atoms with E-state index in [4.69, 9.17) is 16.3 Å². The fraction of sp³-hybridized carbons (Fsp3) is 0.571. The highest BCUT2D eigenvalue weighted by atomic mass is 35.5. The van der Waals surface area contributed by atoms with Crippen molar-refractivity contribution in [3.8, 4) is 5.75 Å². The molecule has 4 nitrogen and oxygen atoms in total. The molecule has 0 aliphatic heterocycles. The number of alkyl halides is 1. The monoisotopic (exact) mass is 285 g/mol. The number of aryl methyl sites for hydroxylation is 2. The zero-order valence-corrected chi connectivity index (χ0v) is 12.4. The molecule has 0 heterocycles. The van der Waals surface area contributed by atoms with Crippen molar-refractivity contribution in [2.45, 2.75) is 33.6 Å². The van der Waals surface area contributed by atoms with Gasteiger partial charge in [0.2, 0.25) is 0 Å². The highest BCUT2D eigenvalue weighted by Crippen LogP contribution is 2.27. The smallest absolute Gasteiger partial charge is 0.272 e. The predicted molar refractivity (Wildman–Crippen MR) is 77.2 cm³/mol. The number of hydrogen-bond donors (Lipinski definition) is 0. The van der Waals surface area contributed by atoms with E-state index < -0.39 is 0 Å². The van der Waals surface area contributed by atoms with Gasteiger partial charge in [-0.05, 0) is 44.2 Å². The van der Waals surface area contributed by atoms with E-state index in [9.17, 15) is 10.1 Å². The number of rotatable bonds is 7. The fourth-order valence-corrected chi connectivity index (χ4v) is 2.20. The molecule has 0 radical (unpaired) electrons. The molecule has 5 heteroatoms. The molecule has 106 valence electrons. The quantitative estimate of drug-likeness (QED) is 0.427. The molecule has 0 saturated carbocycles. The van der Waals surface area contributed by atoms with Gasteiger partial charge < -0.3 is 4.74 Å². The summed E-state index contributed by atoms with van der Waals surface area (Å²) in [7, 11) is 0. The maximum atomic E-state index is 10.8. The van der Waals surface area contributed by atoms with E-state index in [-0.39, 0.29) is 10.6 Å². The van der Waals surface area contributed by atoms with Crippen molar-refractivity contribution >= 4 is 17.3 Å². The highest BCUT2D eigenvalue weighted by molar-refractivity contribution is 6.17. The Kier molecular flexibility index (Phi) is 6.09. The normalized spacial score (nSPS) is 12.2. The van der Waals surface area contributed by atoms with Gasteiger partial charge in [0.25, 0.3) is 5.69 Å². The Morgan fingerprint density at radius 2 is 2.00 bits per heavy atom. The number of ether oxygens (including phenoxy) is 1. The van der Waals surface area contributed by atoms with E-state index in [1.165, 1.54) is 0 Å². The second-order valence-corrected chi connectivity index (χ2v) is 5.26. The standard InChI is InChI=1S/C14H20ClNO3/c1-10(4-6-15)5-7-19-14-9-11(2)13(16(17)18)8-12(14)3/h8-10H,4-7H2,1-3H3. The van der Waals surface area contributed by atoms with Crippen LogP contribution in [0.2, 0.25) is 0 Å². The summed E-state index contributed by atoms with van der Waals surface area (Å²) in [5.41, 5.74) is 1.56. The molecule has 0 amide bonds. The summed E-state index contributed by atoms with van der Waals surface area (Å²) >= 11 is 5.68. The molecule has 19 heavy (non-hydrogen) atoms. The van der Waals surface area contributed by atoms with Crippen LogP contribution in [0.15, 0.2) is 12.1 Å². The van der Waals surface area contributed by atoms with Crippen LogP contribution in [0.1, 0.15) is 30.9 Å². The molecule has 0 fully saturated rings. The number of nitro benzene ring substituents is 1. The third kappa shape index (κ3) is 4.71. The lowest BCUT2D eigenvalue weighted by Gasteiger charge is -2.13. The zero-order chi connectivity index (χ0) is 14.4. The van der Waals surface area contributed by atoms with Crippen LogP contribution in [0.3, 0.4) is 0 Å². The second-order valence-electron chi connectivity index (χ2n) is 4.88. The van der Waals surface area contributed by atoms with E-state index in [1.807, 2.05) is 6.92 Å². The van der Waals surface area contributed by atoms with Gasteiger partial charge in [-0.2, -0.15) is 0 Å². The second kappa shape index (κ2) is 7.34. The van der Waals surface area contributed by atoms with Gasteiger partial charge in [0.15, 0.2) is 0 Å². The number of nitro groups is 1. The molecule has 0 aromatic heterocycles. The van der Waals surface area contributed by atoms with Crippen molar-refractivity contribution in [3.63, 3.8) is 0 Å². The number of nitrogens with zero attached hydrogens (tertiary/aromatic N) is 1. The minimum Gasteiger partial charge on any atom is -0.493 e. The Labute approximate surface area is 118 Å². The summed E-state index contributed by atoms with van der Waals surface area (Å²) in [6.45, 7) is 6.29. The zero-order valence-electron chi connectivity index (χ0n) is 11.6. The summed E-state index contributed by atoms with van der Waals surface area (Å²) in [6.07, 6.45) is 1.91. The maximum Gasteiger partial charge on any atom is 0.272 e. The molecule has 0 aliphatic rings. The SMILES string of the molecule is Cc1cc([N+](=O)[O-])c(C)cc1OCCC(C)CCCl. The first-order chi connectivity index (χ1) is 8.95. The lowest BCUT2D eigenvalue weighted by molar-refractivity contribution is -0.385. The van der Waals surface area contributed by atoms with Gasteiger partial charge in [-0.15, -0.1) is 11.6 Å². The van der Waals surface area contributed by atoms with Gasteiger partial charge >= 0.3 is 0 Å². The number of halogens is 1. The van der Waals surface area contributed by atoms with Crippen LogP contribution in [0.25, 0.3) is 0 Å². The van der Waals surface area contributed by atoms with Crippen molar-refractivity contribution in [3.05, 3.63) is 33.4 Å². The molecule has 0 aliphatic carbocycles. The molecule has 0 spiro atoms. The third-order valence-electron chi connectivity index (χ3n) is 3.16. The molecular formula is C14H20ClNO3. The molecule has 1 unspecified atom stereocenters. The van der Waals surface area contributed by atoms with Crippen LogP contribution < -0.4 is 4.74 Å². The third-order valence-corrected chi connectivity index (χ3v) is 3.38. The van der Waals surface area contributed by atoms with Crippen molar-refractivity contribution < 1.29 is 9.66 Å². The Bertz CT molecular complexity index is 449. The maximum absolute atomic E-state index is 10.8. The average Bonchev–Trinajstić information content (AvgIpc) is 2.33. The van der Waals surface area contributed by atoms with Crippen molar-refractivity contribution in [2.24, 2.45) is 5.92 Å². The first-order valence-corrected chi connectivity index (χ1v) is 6.93. The summed E-state index contributed by atoms with van der Waals surface area (Å²) in [6, 6.07) is 3.30. The molecular weight excluding hydrogens is 266 g/mol. The highest BCUT2D eigenvalue weighted by Gasteiger charge is 2.14. The number of hydrogen-bond acceptors (Lipinski definition) is 3. The van der Waals surface area contributed by atoms with Crippen LogP contribution in [0, 0.1) is 29.9 Å². The minimum absolute atomic E-state index is 0.139. The molecule has 0 saturated heterocycles. The summed E-state index contributed by atoms with van der Waals surface area (Å²) < 4.78 is 5.70. The van der Waals surface area contributed by atoms with E-state index in [2.05, 4.69) is 6.92 Å². The van der Waals surface area contributed by atoms with Crippen LogP contribution >= 0.6 is 11.6 Å². The Morgan fingerprint density at radius 3 is 2.58 bits per heavy atom. The van der Waals surface area contributed by atoms with E-state index in [1.54, 1.807) is 19.1 Å². The topological polar surface area (TPSA) is 52.4 Å². The van der Waals surface area contributed by atoms with Crippen LogP contribution in [-0.4, -0.2) is 17.4 Å². The summed E-state index contributed by atoms with van der Waals surface area (Å²) in [5.74, 6) is 1.91. The molecule has 1 aromatic rings. The van der Waals surface area contributed by atoms with E-state index in [0.717, 1.165) is 24.2 Å². The lowest BCUT2D eigenvalue weighted by Crippen LogP contribution is -2.06. The van der Waals surface area contributed by atoms with Crippen molar-refractivity contribution in [1.29, 1.82) is 0 Å². The van der Waals surface area contributed by atoms with Gasteiger partial charge in [0, 0.05) is 17.5 Å². The van der Waals surface area contributed by atoms with Gasteiger partial charge in [0.1, 0.15) is 5.75 Å². The number of benzene rings is 1. The molecule has 0 N–H and O–H groups in total. The molecule has 1 atom stereocenters. The predicted octanol–water partition coefficient (Wildman–Crippen LogP) is 4.25. The van der Waals surface area contributed by atoms with Gasteiger partial charge in [-0.3, -0.25) is 10.1 Å². The molecule has 0 bridgehead atoms. The average molecular weight is 286 g/mol. The van der Waals surface area contributed by atoms with Gasteiger partial charge in [0.05, 0.1) is 11.5 Å². The minimum atomic E-state index is -0.366. The van der Waals surface area contributed by atoms with Crippen LogP contribution in [-0.2, 0) is 0 Å². The Morgan fingerprint density at radius 1 is 1.32 bits per heavy atom. The van der Waals surface area contributed by atoms with Crippen LogP contribution in [0.5, 0.6) is 5.75 Å². The lowest BCUT2D eigenvalue weighted by atomic mass is 10.1. The fourth-order valence-electron chi connectivity index (χ4n) is 1.83. The van der Waals surface area contributed by atoms with E-state index in [0.29, 0.717) is 24.0 Å². The van der Waals surface area contributed by atoms with E-state index >= 15 is 0 Å².